The van der Waals surface area contributed by atoms with E-state index in [0.717, 1.165) is 0 Å². The summed E-state index contributed by atoms with van der Waals surface area (Å²) in [5, 5.41) is 12.2. The zero-order valence-electron chi connectivity index (χ0n) is 11.7. The molecular formula is C14H22N2O3. The number of amides is 1. The number of aliphatic hydroxyl groups excluding tert-OH is 1. The van der Waals surface area contributed by atoms with Gasteiger partial charge in [0.15, 0.2) is 0 Å². The SMILES string of the molecule is CCC(O)CCNC(=O)c1cncc(OC(C)C)c1. The molecule has 19 heavy (non-hydrogen) atoms. The van der Waals surface area contributed by atoms with Gasteiger partial charge in [-0.2, -0.15) is 0 Å². The van der Waals surface area contributed by atoms with Crippen molar-refractivity contribution >= 4 is 5.91 Å². The van der Waals surface area contributed by atoms with Crippen molar-refractivity contribution in [1.82, 2.24) is 10.3 Å². The van der Waals surface area contributed by atoms with E-state index in [1.165, 1.54) is 6.20 Å². The number of nitrogens with one attached hydrogen (secondary N) is 1. The molecule has 0 aromatic carbocycles. The molecule has 2 N–H and O–H groups in total. The fraction of sp³-hybridized carbons (Fsp3) is 0.571. The summed E-state index contributed by atoms with van der Waals surface area (Å²) in [6.07, 6.45) is 4.00. The minimum Gasteiger partial charge on any atom is -0.489 e. The van der Waals surface area contributed by atoms with Gasteiger partial charge in [-0.05, 0) is 32.8 Å². The number of ether oxygens (including phenoxy) is 1. The third kappa shape index (κ3) is 5.70. The van der Waals surface area contributed by atoms with Gasteiger partial charge in [-0.1, -0.05) is 6.92 Å². The Kier molecular flexibility index (Phi) is 6.29. The van der Waals surface area contributed by atoms with Crippen molar-refractivity contribution in [2.45, 2.75) is 45.8 Å². The average molecular weight is 266 g/mol. The summed E-state index contributed by atoms with van der Waals surface area (Å²) in [4.78, 5) is 15.8. The summed E-state index contributed by atoms with van der Waals surface area (Å²) in [6, 6.07) is 1.67. The zero-order chi connectivity index (χ0) is 14.3. The molecule has 1 rings (SSSR count). The molecule has 1 aromatic heterocycles. The van der Waals surface area contributed by atoms with Gasteiger partial charge in [0.1, 0.15) is 5.75 Å². The van der Waals surface area contributed by atoms with Crippen LogP contribution >= 0.6 is 0 Å². The highest BCUT2D eigenvalue weighted by Crippen LogP contribution is 2.12. The maximum atomic E-state index is 11.9. The Morgan fingerprint density at radius 3 is 2.84 bits per heavy atom. The fourth-order valence-corrected chi connectivity index (χ4v) is 1.54. The Labute approximate surface area is 114 Å². The summed E-state index contributed by atoms with van der Waals surface area (Å²) >= 11 is 0. The van der Waals surface area contributed by atoms with Gasteiger partial charge in [-0.3, -0.25) is 9.78 Å². The molecule has 1 heterocycles. The van der Waals surface area contributed by atoms with Gasteiger partial charge in [-0.25, -0.2) is 0 Å². The maximum Gasteiger partial charge on any atom is 0.252 e. The molecule has 0 aliphatic heterocycles. The van der Waals surface area contributed by atoms with Crippen LogP contribution in [0.3, 0.4) is 0 Å². The molecule has 0 radical (unpaired) electrons. The zero-order valence-corrected chi connectivity index (χ0v) is 11.7. The van der Waals surface area contributed by atoms with Gasteiger partial charge in [0.05, 0.1) is 24.0 Å². The van der Waals surface area contributed by atoms with E-state index in [9.17, 15) is 9.90 Å². The first-order valence-electron chi connectivity index (χ1n) is 6.61. The van der Waals surface area contributed by atoms with E-state index >= 15 is 0 Å². The molecule has 1 unspecified atom stereocenters. The number of nitrogens with zero attached hydrogens (tertiary/aromatic N) is 1. The summed E-state index contributed by atoms with van der Waals surface area (Å²) in [5.41, 5.74) is 0.462. The van der Waals surface area contributed by atoms with Crippen LogP contribution in [0.25, 0.3) is 0 Å². The lowest BCUT2D eigenvalue weighted by atomic mass is 10.2. The number of hydrogen-bond donors (Lipinski definition) is 2. The van der Waals surface area contributed by atoms with E-state index in [-0.39, 0.29) is 18.1 Å². The summed E-state index contributed by atoms with van der Waals surface area (Å²) in [6.45, 7) is 6.18. The molecule has 0 saturated heterocycles. The standard InChI is InChI=1S/C14H22N2O3/c1-4-12(17)5-6-16-14(18)11-7-13(9-15-8-11)19-10(2)3/h7-10,12,17H,4-6H2,1-3H3,(H,16,18). The number of pyridine rings is 1. The smallest absolute Gasteiger partial charge is 0.252 e. The number of aromatic nitrogens is 1. The molecule has 1 amide bonds. The van der Waals surface area contributed by atoms with Crippen molar-refractivity contribution in [3.05, 3.63) is 24.0 Å². The molecule has 1 atom stereocenters. The second kappa shape index (κ2) is 7.74. The Morgan fingerprint density at radius 1 is 1.47 bits per heavy atom. The molecule has 0 fully saturated rings. The minimum atomic E-state index is -0.367. The third-order valence-corrected chi connectivity index (χ3v) is 2.58. The van der Waals surface area contributed by atoms with E-state index < -0.39 is 0 Å². The Morgan fingerprint density at radius 2 is 2.21 bits per heavy atom. The van der Waals surface area contributed by atoms with Crippen LogP contribution in [0.15, 0.2) is 18.5 Å². The molecule has 5 heteroatoms. The van der Waals surface area contributed by atoms with E-state index in [1.807, 2.05) is 20.8 Å². The van der Waals surface area contributed by atoms with Crippen LogP contribution in [0.2, 0.25) is 0 Å². The lowest BCUT2D eigenvalue weighted by molar-refractivity contribution is 0.0940. The van der Waals surface area contributed by atoms with Crippen LogP contribution in [0.1, 0.15) is 44.0 Å². The van der Waals surface area contributed by atoms with Gasteiger partial charge in [0, 0.05) is 12.7 Å². The molecule has 0 aliphatic rings. The second-order valence-electron chi connectivity index (χ2n) is 4.68. The first kappa shape index (κ1) is 15.4. The molecule has 0 bridgehead atoms. The minimum absolute atomic E-state index is 0.0415. The molecule has 106 valence electrons. The van der Waals surface area contributed by atoms with Gasteiger partial charge in [0.2, 0.25) is 0 Å². The number of aliphatic hydroxyl groups is 1. The van der Waals surface area contributed by atoms with Crippen LogP contribution in [-0.2, 0) is 0 Å². The Bertz CT molecular complexity index is 407. The van der Waals surface area contributed by atoms with Crippen LogP contribution in [0, 0.1) is 0 Å². The first-order valence-corrected chi connectivity index (χ1v) is 6.61. The fourth-order valence-electron chi connectivity index (χ4n) is 1.54. The van der Waals surface area contributed by atoms with E-state index in [1.54, 1.807) is 12.3 Å². The van der Waals surface area contributed by atoms with Gasteiger partial charge in [-0.15, -0.1) is 0 Å². The largest absolute Gasteiger partial charge is 0.489 e. The van der Waals surface area contributed by atoms with Gasteiger partial charge < -0.3 is 15.2 Å². The van der Waals surface area contributed by atoms with Crippen molar-refractivity contribution in [1.29, 1.82) is 0 Å². The van der Waals surface area contributed by atoms with Crippen molar-refractivity contribution < 1.29 is 14.6 Å². The quantitative estimate of drug-likeness (QED) is 0.789. The van der Waals surface area contributed by atoms with Crippen molar-refractivity contribution in [3.8, 4) is 5.75 Å². The highest BCUT2D eigenvalue weighted by molar-refractivity contribution is 5.94. The predicted molar refractivity (Wildman–Crippen MR) is 73.2 cm³/mol. The van der Waals surface area contributed by atoms with Crippen molar-refractivity contribution in [2.75, 3.05) is 6.54 Å². The lowest BCUT2D eigenvalue weighted by Gasteiger charge is -2.11. The second-order valence-corrected chi connectivity index (χ2v) is 4.68. The topological polar surface area (TPSA) is 71.5 Å². The van der Waals surface area contributed by atoms with Crippen molar-refractivity contribution in [3.63, 3.8) is 0 Å². The number of rotatable bonds is 7. The number of carbonyl (C=O) groups excluding carboxylic acids is 1. The third-order valence-electron chi connectivity index (χ3n) is 2.58. The summed E-state index contributed by atoms with van der Waals surface area (Å²) in [7, 11) is 0. The highest BCUT2D eigenvalue weighted by Gasteiger charge is 2.09. The maximum absolute atomic E-state index is 11.9. The normalized spacial score (nSPS) is 12.3. The monoisotopic (exact) mass is 266 g/mol. The molecule has 0 aliphatic carbocycles. The van der Waals surface area contributed by atoms with Crippen LogP contribution < -0.4 is 10.1 Å². The van der Waals surface area contributed by atoms with E-state index in [0.29, 0.717) is 30.7 Å². The number of hydrogen-bond acceptors (Lipinski definition) is 4. The lowest BCUT2D eigenvalue weighted by Crippen LogP contribution is -2.27. The molecular weight excluding hydrogens is 244 g/mol. The first-order chi connectivity index (χ1) is 9.02. The molecule has 1 aromatic rings. The van der Waals surface area contributed by atoms with E-state index in [2.05, 4.69) is 10.3 Å². The molecule has 5 nitrogen and oxygen atoms in total. The number of carbonyl (C=O) groups is 1. The highest BCUT2D eigenvalue weighted by atomic mass is 16.5. The Hall–Kier alpha value is -1.62. The summed E-state index contributed by atoms with van der Waals surface area (Å²) < 4.78 is 5.48. The molecule has 0 saturated carbocycles. The Balaban J connectivity index is 2.52. The molecule has 0 spiro atoms. The summed E-state index contributed by atoms with van der Waals surface area (Å²) in [5.74, 6) is 0.376. The van der Waals surface area contributed by atoms with Crippen LogP contribution in [0.4, 0.5) is 0 Å². The van der Waals surface area contributed by atoms with Crippen molar-refractivity contribution in [2.24, 2.45) is 0 Å². The van der Waals surface area contributed by atoms with Crippen LogP contribution in [-0.4, -0.2) is 34.8 Å². The van der Waals surface area contributed by atoms with E-state index in [4.69, 9.17) is 4.74 Å². The van der Waals surface area contributed by atoms with Crippen LogP contribution in [0.5, 0.6) is 5.75 Å². The average Bonchev–Trinajstić information content (AvgIpc) is 2.37. The predicted octanol–water partition coefficient (Wildman–Crippen LogP) is 1.76. The van der Waals surface area contributed by atoms with Gasteiger partial charge >= 0.3 is 0 Å². The van der Waals surface area contributed by atoms with Gasteiger partial charge in [0.25, 0.3) is 5.91 Å².